The molecule has 2 aromatic carbocycles. The van der Waals surface area contributed by atoms with Gasteiger partial charge in [-0.1, -0.05) is 23.7 Å². The second-order valence-corrected chi connectivity index (χ2v) is 5.84. The van der Waals surface area contributed by atoms with Gasteiger partial charge in [0.25, 0.3) is 5.91 Å². The molecule has 0 saturated carbocycles. The molecule has 0 saturated heterocycles. The van der Waals surface area contributed by atoms with Crippen LogP contribution >= 0.6 is 11.6 Å². The van der Waals surface area contributed by atoms with Gasteiger partial charge in [-0.2, -0.15) is 0 Å². The monoisotopic (exact) mass is 384 g/mol. The van der Waals surface area contributed by atoms with E-state index in [2.05, 4.69) is 20.8 Å². The summed E-state index contributed by atoms with van der Waals surface area (Å²) in [7, 11) is 3.07. The van der Waals surface area contributed by atoms with Crippen molar-refractivity contribution in [3.05, 3.63) is 65.3 Å². The number of carbonyl (C=O) groups is 1. The maximum absolute atomic E-state index is 12.4. The predicted molar refractivity (Wildman–Crippen MR) is 104 cm³/mol. The number of hydrogen-bond donors (Lipinski definition) is 2. The van der Waals surface area contributed by atoms with Gasteiger partial charge in [-0.15, -0.1) is 10.2 Å². The first-order valence-corrected chi connectivity index (χ1v) is 8.37. The maximum atomic E-state index is 12.4. The van der Waals surface area contributed by atoms with Gasteiger partial charge in [0, 0.05) is 11.8 Å². The number of nitrogens with zero attached hydrogens (tertiary/aromatic N) is 2. The Morgan fingerprint density at radius 3 is 2.41 bits per heavy atom. The molecule has 0 bridgehead atoms. The van der Waals surface area contributed by atoms with Crippen LogP contribution in [0, 0.1) is 0 Å². The van der Waals surface area contributed by atoms with Crippen LogP contribution in [0.25, 0.3) is 0 Å². The molecular weight excluding hydrogens is 368 g/mol. The molecule has 2 N–H and O–H groups in total. The summed E-state index contributed by atoms with van der Waals surface area (Å²) in [5.74, 6) is 1.18. The number of ether oxygens (including phenoxy) is 2. The van der Waals surface area contributed by atoms with Crippen molar-refractivity contribution in [1.29, 1.82) is 0 Å². The first-order valence-electron chi connectivity index (χ1n) is 7.99. The van der Waals surface area contributed by atoms with Crippen molar-refractivity contribution in [2.75, 3.05) is 24.9 Å². The largest absolute Gasteiger partial charge is 0.493 e. The number of anilines is 3. The number of aromatic nitrogens is 2. The van der Waals surface area contributed by atoms with Gasteiger partial charge in [0.1, 0.15) is 0 Å². The first kappa shape index (κ1) is 18.5. The van der Waals surface area contributed by atoms with Gasteiger partial charge in [0.05, 0.1) is 24.9 Å². The third kappa shape index (κ3) is 4.45. The van der Waals surface area contributed by atoms with Crippen LogP contribution in [0.4, 0.5) is 17.2 Å². The van der Waals surface area contributed by atoms with Crippen LogP contribution in [0.15, 0.2) is 54.6 Å². The van der Waals surface area contributed by atoms with Gasteiger partial charge in [-0.25, -0.2) is 0 Å². The smallest absolute Gasteiger partial charge is 0.276 e. The van der Waals surface area contributed by atoms with E-state index >= 15 is 0 Å². The summed E-state index contributed by atoms with van der Waals surface area (Å²) in [6.45, 7) is 0. The Balaban J connectivity index is 1.70. The molecule has 1 amide bonds. The lowest BCUT2D eigenvalue weighted by molar-refractivity contribution is 0.102. The standard InChI is InChI=1S/C19H17ClN4O3/c1-26-16-9-7-12(11-17(16)27-2)21-19(25)15-8-10-18(24-23-15)22-14-6-4-3-5-13(14)20/h3-11H,1-2H3,(H,21,25)(H,22,24). The Hall–Kier alpha value is -3.32. The van der Waals surface area contributed by atoms with E-state index in [-0.39, 0.29) is 11.6 Å². The van der Waals surface area contributed by atoms with E-state index in [4.69, 9.17) is 21.1 Å². The summed E-state index contributed by atoms with van der Waals surface area (Å²) < 4.78 is 10.4. The zero-order valence-electron chi connectivity index (χ0n) is 14.7. The summed E-state index contributed by atoms with van der Waals surface area (Å²) in [5.41, 5.74) is 1.43. The highest BCUT2D eigenvalue weighted by Crippen LogP contribution is 2.30. The van der Waals surface area contributed by atoms with Crippen LogP contribution in [0.3, 0.4) is 0 Å². The van der Waals surface area contributed by atoms with Gasteiger partial charge < -0.3 is 20.1 Å². The van der Waals surface area contributed by atoms with Gasteiger partial charge in [-0.3, -0.25) is 4.79 Å². The molecule has 1 aromatic heterocycles. The van der Waals surface area contributed by atoms with Crippen LogP contribution in [-0.2, 0) is 0 Å². The highest BCUT2D eigenvalue weighted by atomic mass is 35.5. The lowest BCUT2D eigenvalue weighted by atomic mass is 10.2. The number of amides is 1. The van der Waals surface area contributed by atoms with Crippen LogP contribution in [0.2, 0.25) is 5.02 Å². The number of hydrogen-bond acceptors (Lipinski definition) is 6. The number of para-hydroxylation sites is 1. The minimum absolute atomic E-state index is 0.175. The van der Waals surface area contributed by atoms with E-state index in [1.54, 1.807) is 43.5 Å². The van der Waals surface area contributed by atoms with E-state index in [0.717, 1.165) is 0 Å². The number of benzene rings is 2. The molecule has 7 nitrogen and oxygen atoms in total. The Bertz CT molecular complexity index is 948. The molecule has 3 rings (SSSR count). The fraction of sp³-hybridized carbons (Fsp3) is 0.105. The minimum atomic E-state index is -0.390. The molecule has 8 heteroatoms. The van der Waals surface area contributed by atoms with E-state index in [9.17, 15) is 4.79 Å². The third-order valence-electron chi connectivity index (χ3n) is 3.68. The first-order chi connectivity index (χ1) is 13.1. The minimum Gasteiger partial charge on any atom is -0.493 e. The number of methoxy groups -OCH3 is 2. The van der Waals surface area contributed by atoms with E-state index in [1.807, 2.05) is 18.2 Å². The molecule has 3 aromatic rings. The third-order valence-corrected chi connectivity index (χ3v) is 4.00. The highest BCUT2D eigenvalue weighted by molar-refractivity contribution is 6.33. The number of halogens is 1. The second kappa shape index (κ2) is 8.37. The molecule has 0 fully saturated rings. The number of nitrogens with one attached hydrogen (secondary N) is 2. The molecule has 138 valence electrons. The van der Waals surface area contributed by atoms with Crippen LogP contribution in [0.1, 0.15) is 10.5 Å². The SMILES string of the molecule is COc1ccc(NC(=O)c2ccc(Nc3ccccc3Cl)nn2)cc1OC. The van der Waals surface area contributed by atoms with Crippen molar-refractivity contribution in [3.63, 3.8) is 0 Å². The van der Waals surface area contributed by atoms with Crippen molar-refractivity contribution in [3.8, 4) is 11.5 Å². The summed E-state index contributed by atoms with van der Waals surface area (Å²) in [4.78, 5) is 12.4. The Morgan fingerprint density at radius 1 is 0.963 bits per heavy atom. The van der Waals surface area contributed by atoms with Crippen LogP contribution < -0.4 is 20.1 Å². The molecule has 1 heterocycles. The summed E-state index contributed by atoms with van der Waals surface area (Å²) in [6, 6.07) is 15.6. The van der Waals surface area contributed by atoms with Crippen molar-refractivity contribution < 1.29 is 14.3 Å². The molecule has 0 unspecified atom stereocenters. The van der Waals surface area contributed by atoms with Crippen molar-refractivity contribution in [2.24, 2.45) is 0 Å². The second-order valence-electron chi connectivity index (χ2n) is 5.43. The van der Waals surface area contributed by atoms with Crippen molar-refractivity contribution in [2.45, 2.75) is 0 Å². The molecule has 0 aliphatic carbocycles. The average Bonchev–Trinajstić information content (AvgIpc) is 2.70. The average molecular weight is 385 g/mol. The lowest BCUT2D eigenvalue weighted by Crippen LogP contribution is -2.14. The Labute approximate surface area is 161 Å². The molecule has 0 aliphatic rings. The van der Waals surface area contributed by atoms with Crippen LogP contribution in [0.5, 0.6) is 11.5 Å². The fourth-order valence-corrected chi connectivity index (χ4v) is 2.51. The number of carbonyl (C=O) groups excluding carboxylic acids is 1. The zero-order valence-corrected chi connectivity index (χ0v) is 15.4. The molecule has 0 aliphatic heterocycles. The number of rotatable bonds is 6. The van der Waals surface area contributed by atoms with E-state index < -0.39 is 0 Å². The van der Waals surface area contributed by atoms with Gasteiger partial charge in [0.15, 0.2) is 23.0 Å². The summed E-state index contributed by atoms with van der Waals surface area (Å²) in [6.07, 6.45) is 0. The lowest BCUT2D eigenvalue weighted by Gasteiger charge is -2.10. The van der Waals surface area contributed by atoms with Gasteiger partial charge in [-0.05, 0) is 36.4 Å². The highest BCUT2D eigenvalue weighted by Gasteiger charge is 2.11. The Morgan fingerprint density at radius 2 is 1.74 bits per heavy atom. The normalized spacial score (nSPS) is 10.2. The quantitative estimate of drug-likeness (QED) is 0.664. The van der Waals surface area contributed by atoms with E-state index in [0.29, 0.717) is 33.7 Å². The van der Waals surface area contributed by atoms with Gasteiger partial charge in [0.2, 0.25) is 0 Å². The van der Waals surface area contributed by atoms with Crippen molar-refractivity contribution >= 4 is 34.7 Å². The molecule has 0 radical (unpaired) electrons. The summed E-state index contributed by atoms with van der Waals surface area (Å²) in [5, 5.41) is 14.3. The topological polar surface area (TPSA) is 85.4 Å². The van der Waals surface area contributed by atoms with E-state index in [1.165, 1.54) is 7.11 Å². The van der Waals surface area contributed by atoms with Crippen molar-refractivity contribution in [1.82, 2.24) is 10.2 Å². The summed E-state index contributed by atoms with van der Waals surface area (Å²) >= 11 is 6.10. The molecular formula is C19H17ClN4O3. The fourth-order valence-electron chi connectivity index (χ4n) is 2.33. The maximum Gasteiger partial charge on any atom is 0.276 e. The van der Waals surface area contributed by atoms with Crippen LogP contribution in [-0.4, -0.2) is 30.3 Å². The molecule has 0 atom stereocenters. The molecule has 0 spiro atoms. The Kier molecular flexibility index (Phi) is 5.73. The zero-order chi connectivity index (χ0) is 19.2. The molecule has 27 heavy (non-hydrogen) atoms. The predicted octanol–water partition coefficient (Wildman–Crippen LogP) is 4.14. The van der Waals surface area contributed by atoms with Gasteiger partial charge >= 0.3 is 0 Å².